The topological polar surface area (TPSA) is 69.0 Å². The molecule has 2 aromatic heterocycles. The minimum Gasteiger partial charge on any atom is -0.493 e. The fourth-order valence-corrected chi connectivity index (χ4v) is 3.34. The number of rotatable bonds is 5. The van der Waals surface area contributed by atoms with Crippen LogP contribution in [0.25, 0.3) is 17.0 Å². The number of carbonyl (C=O) groups is 1. The Kier molecular flexibility index (Phi) is 5.29. The molecule has 30 heavy (non-hydrogen) atoms. The second kappa shape index (κ2) is 8.04. The van der Waals surface area contributed by atoms with Crippen LogP contribution < -0.4 is 14.4 Å². The van der Waals surface area contributed by atoms with E-state index >= 15 is 0 Å². The maximum absolute atomic E-state index is 13.5. The second-order valence-corrected chi connectivity index (χ2v) is 6.95. The molecule has 0 fully saturated rings. The number of imidazole rings is 1. The minimum atomic E-state index is -0.234. The van der Waals surface area contributed by atoms with Crippen LogP contribution >= 0.6 is 11.6 Å². The summed E-state index contributed by atoms with van der Waals surface area (Å²) in [6, 6.07) is 14.2. The van der Waals surface area contributed by atoms with Gasteiger partial charge in [-0.15, -0.1) is 0 Å². The minimum absolute atomic E-state index is 0.234. The Morgan fingerprint density at radius 1 is 1.07 bits per heavy atom. The Bertz CT molecular complexity index is 1220. The van der Waals surface area contributed by atoms with Gasteiger partial charge in [0, 0.05) is 35.7 Å². The van der Waals surface area contributed by atoms with E-state index in [0.717, 1.165) is 0 Å². The van der Waals surface area contributed by atoms with E-state index in [1.807, 2.05) is 6.07 Å². The quantitative estimate of drug-likeness (QED) is 0.478. The molecule has 8 heteroatoms. The van der Waals surface area contributed by atoms with Gasteiger partial charge in [0.2, 0.25) is 5.78 Å². The largest absolute Gasteiger partial charge is 0.493 e. The average molecular weight is 423 g/mol. The van der Waals surface area contributed by atoms with E-state index in [2.05, 4.69) is 9.97 Å². The first kappa shape index (κ1) is 19.7. The first-order chi connectivity index (χ1) is 14.5. The lowest BCUT2D eigenvalue weighted by Gasteiger charge is -2.18. The number of methoxy groups -OCH3 is 2. The van der Waals surface area contributed by atoms with Gasteiger partial charge in [0.05, 0.1) is 14.2 Å². The Labute approximate surface area is 178 Å². The number of carbonyl (C=O) groups excluding carboxylic acids is 1. The van der Waals surface area contributed by atoms with Gasteiger partial charge >= 0.3 is 0 Å². The van der Waals surface area contributed by atoms with E-state index < -0.39 is 0 Å². The zero-order chi connectivity index (χ0) is 21.3. The Morgan fingerprint density at radius 2 is 1.80 bits per heavy atom. The molecular formula is C22H19ClN4O3. The number of hydrogen-bond donors (Lipinski definition) is 0. The van der Waals surface area contributed by atoms with E-state index in [0.29, 0.717) is 44.9 Å². The third-order valence-electron chi connectivity index (χ3n) is 4.78. The van der Waals surface area contributed by atoms with E-state index in [9.17, 15) is 4.79 Å². The van der Waals surface area contributed by atoms with E-state index in [1.54, 1.807) is 85.4 Å². The molecule has 0 radical (unpaired) electrons. The lowest BCUT2D eigenvalue weighted by molar-refractivity contribution is 0.0988. The maximum atomic E-state index is 13.5. The molecule has 0 saturated heterocycles. The summed E-state index contributed by atoms with van der Waals surface area (Å²) >= 11 is 5.98. The summed E-state index contributed by atoms with van der Waals surface area (Å²) in [5.41, 5.74) is 2.32. The van der Waals surface area contributed by atoms with Crippen molar-refractivity contribution in [3.63, 3.8) is 0 Å². The third kappa shape index (κ3) is 3.44. The van der Waals surface area contributed by atoms with Gasteiger partial charge in [-0.25, -0.2) is 9.97 Å². The predicted octanol–water partition coefficient (Wildman–Crippen LogP) is 4.34. The second-order valence-electron chi connectivity index (χ2n) is 6.51. The zero-order valence-corrected chi connectivity index (χ0v) is 17.4. The standard InChI is InChI=1S/C22H19ClN4O3/c1-26(16-8-6-15(23)7-9-16)21(28)20-19(25-22-24-11-4-12-27(20)22)14-5-10-17(29-2)18(13-14)30-3/h4-13H,1-3H3. The van der Waals surface area contributed by atoms with Crippen molar-refractivity contribution in [2.75, 3.05) is 26.2 Å². The van der Waals surface area contributed by atoms with Crippen molar-refractivity contribution in [3.8, 4) is 22.8 Å². The smallest absolute Gasteiger partial charge is 0.277 e. The lowest BCUT2D eigenvalue weighted by atomic mass is 10.1. The molecule has 4 rings (SSSR count). The molecule has 2 heterocycles. The highest BCUT2D eigenvalue weighted by atomic mass is 35.5. The number of nitrogens with zero attached hydrogens (tertiary/aromatic N) is 4. The highest BCUT2D eigenvalue weighted by Crippen LogP contribution is 2.34. The average Bonchev–Trinajstić information content (AvgIpc) is 3.17. The summed E-state index contributed by atoms with van der Waals surface area (Å²) in [4.78, 5) is 24.0. The highest BCUT2D eigenvalue weighted by Gasteiger charge is 2.25. The van der Waals surface area contributed by atoms with Gasteiger partial charge in [-0.05, 0) is 48.5 Å². The van der Waals surface area contributed by atoms with E-state index in [1.165, 1.54) is 0 Å². The number of anilines is 1. The molecule has 0 aliphatic rings. The maximum Gasteiger partial charge on any atom is 0.277 e. The SMILES string of the molecule is COc1ccc(-c2nc3ncccn3c2C(=O)N(C)c2ccc(Cl)cc2)cc1OC. The highest BCUT2D eigenvalue weighted by molar-refractivity contribution is 6.30. The number of halogens is 1. The van der Waals surface area contributed by atoms with Crippen LogP contribution in [0.15, 0.2) is 60.9 Å². The number of ether oxygens (including phenoxy) is 2. The Morgan fingerprint density at radius 3 is 2.50 bits per heavy atom. The molecule has 7 nitrogen and oxygen atoms in total. The normalized spacial score (nSPS) is 10.8. The molecule has 152 valence electrons. The van der Waals surface area contributed by atoms with Crippen molar-refractivity contribution in [1.82, 2.24) is 14.4 Å². The van der Waals surface area contributed by atoms with Crippen molar-refractivity contribution in [3.05, 3.63) is 71.6 Å². The molecule has 0 N–H and O–H groups in total. The fourth-order valence-electron chi connectivity index (χ4n) is 3.22. The van der Waals surface area contributed by atoms with Crippen LogP contribution in [0.1, 0.15) is 10.5 Å². The summed E-state index contributed by atoms with van der Waals surface area (Å²) < 4.78 is 12.4. The Balaban J connectivity index is 1.87. The summed E-state index contributed by atoms with van der Waals surface area (Å²) in [6.07, 6.45) is 3.40. The summed E-state index contributed by atoms with van der Waals surface area (Å²) in [7, 11) is 4.84. The molecule has 0 spiro atoms. The molecule has 0 aliphatic heterocycles. The van der Waals surface area contributed by atoms with Crippen LogP contribution in [0.5, 0.6) is 11.5 Å². The first-order valence-corrected chi connectivity index (χ1v) is 9.50. The number of hydrogen-bond acceptors (Lipinski definition) is 5. The van der Waals surface area contributed by atoms with Gasteiger partial charge in [-0.1, -0.05) is 11.6 Å². The summed E-state index contributed by atoms with van der Waals surface area (Å²) in [5.74, 6) is 1.33. The summed E-state index contributed by atoms with van der Waals surface area (Å²) in [6.45, 7) is 0. The number of aromatic nitrogens is 3. The van der Waals surface area contributed by atoms with E-state index in [4.69, 9.17) is 21.1 Å². The van der Waals surface area contributed by atoms with Gasteiger partial charge in [0.1, 0.15) is 11.4 Å². The van der Waals surface area contributed by atoms with E-state index in [-0.39, 0.29) is 5.91 Å². The van der Waals surface area contributed by atoms with Crippen LogP contribution in [0.4, 0.5) is 5.69 Å². The van der Waals surface area contributed by atoms with Crippen LogP contribution in [-0.2, 0) is 0 Å². The molecule has 4 aromatic rings. The zero-order valence-electron chi connectivity index (χ0n) is 16.7. The van der Waals surface area contributed by atoms with Crippen molar-refractivity contribution >= 4 is 29.0 Å². The van der Waals surface area contributed by atoms with Crippen molar-refractivity contribution in [2.45, 2.75) is 0 Å². The van der Waals surface area contributed by atoms with Crippen molar-refractivity contribution in [2.24, 2.45) is 0 Å². The molecular weight excluding hydrogens is 404 g/mol. The van der Waals surface area contributed by atoms with Crippen LogP contribution in [0, 0.1) is 0 Å². The van der Waals surface area contributed by atoms with Gasteiger partial charge in [0.25, 0.3) is 5.91 Å². The van der Waals surface area contributed by atoms with Crippen molar-refractivity contribution in [1.29, 1.82) is 0 Å². The molecule has 0 bridgehead atoms. The first-order valence-electron chi connectivity index (χ1n) is 9.12. The molecule has 0 atom stereocenters. The van der Waals surface area contributed by atoms with Gasteiger partial charge in [-0.2, -0.15) is 0 Å². The number of fused-ring (bicyclic) bond motifs is 1. The van der Waals surface area contributed by atoms with Crippen LogP contribution in [0.2, 0.25) is 5.02 Å². The summed E-state index contributed by atoms with van der Waals surface area (Å²) in [5, 5.41) is 0.601. The van der Waals surface area contributed by atoms with Crippen LogP contribution in [-0.4, -0.2) is 41.5 Å². The number of benzene rings is 2. The van der Waals surface area contributed by atoms with Gasteiger partial charge < -0.3 is 14.4 Å². The van der Waals surface area contributed by atoms with Gasteiger partial charge in [-0.3, -0.25) is 9.20 Å². The molecule has 1 amide bonds. The third-order valence-corrected chi connectivity index (χ3v) is 5.03. The molecule has 0 aliphatic carbocycles. The molecule has 0 unspecified atom stereocenters. The lowest BCUT2D eigenvalue weighted by Crippen LogP contribution is -2.28. The predicted molar refractivity (Wildman–Crippen MR) is 116 cm³/mol. The molecule has 0 saturated carbocycles. The van der Waals surface area contributed by atoms with Crippen LogP contribution in [0.3, 0.4) is 0 Å². The monoisotopic (exact) mass is 422 g/mol. The van der Waals surface area contributed by atoms with Gasteiger partial charge in [0.15, 0.2) is 11.5 Å². The van der Waals surface area contributed by atoms with Crippen molar-refractivity contribution < 1.29 is 14.3 Å². The molecule has 2 aromatic carbocycles. The number of amides is 1. The fraction of sp³-hybridized carbons (Fsp3) is 0.136. The Hall–Kier alpha value is -3.58.